The third-order valence-corrected chi connectivity index (χ3v) is 5.09. The second-order valence-corrected chi connectivity index (χ2v) is 7.25. The van der Waals surface area contributed by atoms with Crippen molar-refractivity contribution in [1.82, 2.24) is 4.90 Å². The van der Waals surface area contributed by atoms with Crippen LogP contribution in [0.25, 0.3) is 0 Å². The molecule has 0 spiro atoms. The maximum Gasteiger partial charge on any atom is 0.416 e. The van der Waals surface area contributed by atoms with Gasteiger partial charge in [-0.1, -0.05) is 12.1 Å². The maximum atomic E-state index is 12.6. The third kappa shape index (κ3) is 6.50. The lowest BCUT2D eigenvalue weighted by molar-refractivity contribution is -0.137. The number of hydrogen-bond acceptors (Lipinski definition) is 4. The Kier molecular flexibility index (Phi) is 7.69. The number of para-hydroxylation sites is 1. The Morgan fingerprint density at radius 1 is 1.07 bits per heavy atom. The number of likely N-dealkylation sites (N-methyl/N-ethyl adjacent to an activating group) is 1. The predicted molar refractivity (Wildman–Crippen MR) is 109 cm³/mol. The molecular weight excluding hydrogens is 403 g/mol. The molecule has 0 saturated carbocycles. The second kappa shape index (κ2) is 9.80. The van der Waals surface area contributed by atoms with Crippen LogP contribution in [0.15, 0.2) is 53.4 Å². The Balaban J connectivity index is 1.92. The number of thioether (sulfide) groups is 1. The average molecular weight is 425 g/mol. The van der Waals surface area contributed by atoms with Crippen molar-refractivity contribution in [2.75, 3.05) is 30.5 Å². The summed E-state index contributed by atoms with van der Waals surface area (Å²) in [5, 5.41) is 5.38. The van der Waals surface area contributed by atoms with Crippen molar-refractivity contribution < 1.29 is 22.8 Å². The van der Waals surface area contributed by atoms with Gasteiger partial charge < -0.3 is 10.6 Å². The zero-order valence-electron chi connectivity index (χ0n) is 16.2. The van der Waals surface area contributed by atoms with Gasteiger partial charge in [-0.3, -0.25) is 14.5 Å². The molecule has 1 unspecified atom stereocenters. The normalized spacial score (nSPS) is 12.5. The van der Waals surface area contributed by atoms with Crippen LogP contribution >= 0.6 is 11.8 Å². The van der Waals surface area contributed by atoms with Crippen LogP contribution in [0.2, 0.25) is 0 Å². The molecule has 0 saturated heterocycles. The summed E-state index contributed by atoms with van der Waals surface area (Å²) >= 11 is 1.51. The van der Waals surface area contributed by atoms with E-state index in [1.165, 1.54) is 23.9 Å². The first kappa shape index (κ1) is 22.8. The Labute approximate surface area is 171 Å². The summed E-state index contributed by atoms with van der Waals surface area (Å²) < 4.78 is 37.8. The number of hydrogen-bond donors (Lipinski definition) is 2. The van der Waals surface area contributed by atoms with Gasteiger partial charge in [-0.2, -0.15) is 13.2 Å². The molecule has 0 aromatic heterocycles. The number of rotatable bonds is 7. The number of carbonyl (C=O) groups excluding carboxylic acids is 2. The molecule has 2 amide bonds. The van der Waals surface area contributed by atoms with Crippen LogP contribution < -0.4 is 10.6 Å². The fourth-order valence-corrected chi connectivity index (χ4v) is 3.04. The van der Waals surface area contributed by atoms with Crippen LogP contribution in [0.3, 0.4) is 0 Å². The van der Waals surface area contributed by atoms with Crippen molar-refractivity contribution in [1.29, 1.82) is 0 Å². The zero-order chi connectivity index (χ0) is 21.6. The number of alkyl halides is 3. The number of amides is 2. The van der Waals surface area contributed by atoms with Crippen molar-refractivity contribution in [3.05, 3.63) is 54.1 Å². The number of carbonyl (C=O) groups is 2. The van der Waals surface area contributed by atoms with E-state index in [4.69, 9.17) is 0 Å². The van der Waals surface area contributed by atoms with Gasteiger partial charge >= 0.3 is 6.18 Å². The number of anilines is 2. The molecule has 2 N–H and O–H groups in total. The van der Waals surface area contributed by atoms with E-state index >= 15 is 0 Å². The minimum atomic E-state index is -4.43. The molecule has 0 radical (unpaired) electrons. The molecule has 156 valence electrons. The van der Waals surface area contributed by atoms with Gasteiger partial charge in [0.15, 0.2) is 0 Å². The fourth-order valence-electron chi connectivity index (χ4n) is 2.49. The summed E-state index contributed by atoms with van der Waals surface area (Å²) in [7, 11) is 1.62. The first-order valence-electron chi connectivity index (χ1n) is 8.73. The quantitative estimate of drug-likeness (QED) is 0.649. The van der Waals surface area contributed by atoms with Crippen LogP contribution in [-0.4, -0.2) is 42.6 Å². The highest BCUT2D eigenvalue weighted by atomic mass is 32.2. The number of nitrogens with zero attached hydrogens (tertiary/aromatic N) is 1. The molecule has 5 nitrogen and oxygen atoms in total. The van der Waals surface area contributed by atoms with Gasteiger partial charge in [0.25, 0.3) is 0 Å². The lowest BCUT2D eigenvalue weighted by Gasteiger charge is -2.23. The Morgan fingerprint density at radius 3 is 2.28 bits per heavy atom. The van der Waals surface area contributed by atoms with E-state index in [0.29, 0.717) is 5.69 Å². The molecule has 0 aliphatic heterocycles. The van der Waals surface area contributed by atoms with Gasteiger partial charge in [0, 0.05) is 10.6 Å². The molecule has 0 aliphatic rings. The fraction of sp³-hybridized carbons (Fsp3) is 0.300. The molecule has 0 bridgehead atoms. The predicted octanol–water partition coefficient (Wildman–Crippen LogP) is 4.32. The highest BCUT2D eigenvalue weighted by molar-refractivity contribution is 7.98. The first-order valence-corrected chi connectivity index (χ1v) is 9.95. The minimum absolute atomic E-state index is 0.0235. The third-order valence-electron chi connectivity index (χ3n) is 4.29. The highest BCUT2D eigenvalue weighted by Crippen LogP contribution is 2.30. The summed E-state index contributed by atoms with van der Waals surface area (Å²) in [5.74, 6) is -0.701. The Hall–Kier alpha value is -2.52. The van der Waals surface area contributed by atoms with E-state index in [2.05, 4.69) is 10.6 Å². The smallest absolute Gasteiger partial charge is 0.325 e. The lowest BCUT2D eigenvalue weighted by Crippen LogP contribution is -2.43. The summed E-state index contributed by atoms with van der Waals surface area (Å²) in [6.07, 6.45) is -2.52. The van der Waals surface area contributed by atoms with Crippen LogP contribution in [0.5, 0.6) is 0 Å². The summed E-state index contributed by atoms with van der Waals surface area (Å²) in [6.45, 7) is 1.59. The topological polar surface area (TPSA) is 61.4 Å². The molecule has 1 atom stereocenters. The van der Waals surface area contributed by atoms with Crippen molar-refractivity contribution in [2.45, 2.75) is 24.0 Å². The molecule has 0 fully saturated rings. The minimum Gasteiger partial charge on any atom is -0.325 e. The van der Waals surface area contributed by atoms with E-state index in [9.17, 15) is 22.8 Å². The van der Waals surface area contributed by atoms with Crippen molar-refractivity contribution in [3.63, 3.8) is 0 Å². The van der Waals surface area contributed by atoms with E-state index in [1.807, 2.05) is 24.5 Å². The van der Waals surface area contributed by atoms with Gasteiger partial charge in [-0.15, -0.1) is 11.8 Å². The Bertz CT molecular complexity index is 857. The number of benzene rings is 2. The van der Waals surface area contributed by atoms with Crippen molar-refractivity contribution in [2.24, 2.45) is 0 Å². The monoisotopic (exact) mass is 425 g/mol. The van der Waals surface area contributed by atoms with E-state index < -0.39 is 23.7 Å². The molecule has 0 aliphatic carbocycles. The first-order chi connectivity index (χ1) is 13.6. The van der Waals surface area contributed by atoms with Crippen molar-refractivity contribution in [3.8, 4) is 0 Å². The SMILES string of the molecule is CSc1ccccc1NC(=O)CN(C)C(C)C(=O)Nc1ccc(C(F)(F)F)cc1. The van der Waals surface area contributed by atoms with Crippen molar-refractivity contribution >= 4 is 35.0 Å². The molecule has 2 rings (SSSR count). The summed E-state index contributed by atoms with van der Waals surface area (Å²) in [4.78, 5) is 27.2. The highest BCUT2D eigenvalue weighted by Gasteiger charge is 2.30. The van der Waals surface area contributed by atoms with E-state index in [1.54, 1.807) is 24.9 Å². The molecule has 2 aromatic rings. The van der Waals surface area contributed by atoms with Gasteiger partial charge in [0.05, 0.1) is 23.8 Å². The summed E-state index contributed by atoms with van der Waals surface area (Å²) in [6, 6.07) is 10.9. The number of halogens is 3. The Morgan fingerprint density at radius 2 is 1.69 bits per heavy atom. The molecule has 0 heterocycles. The van der Waals surface area contributed by atoms with Gasteiger partial charge in [0.1, 0.15) is 0 Å². The average Bonchev–Trinajstić information content (AvgIpc) is 2.67. The molecule has 9 heteroatoms. The zero-order valence-corrected chi connectivity index (χ0v) is 17.0. The molecular formula is C20H22F3N3O2S. The second-order valence-electron chi connectivity index (χ2n) is 6.40. The van der Waals surface area contributed by atoms with Crippen LogP contribution in [0.4, 0.5) is 24.5 Å². The standard InChI is InChI=1S/C20H22F3N3O2S/c1-13(19(28)24-15-10-8-14(9-11-15)20(21,22)23)26(2)12-18(27)25-16-6-4-5-7-17(16)29-3/h4-11,13H,12H2,1-3H3,(H,24,28)(H,25,27). The maximum absolute atomic E-state index is 12.6. The largest absolute Gasteiger partial charge is 0.416 e. The number of nitrogens with one attached hydrogen (secondary N) is 2. The van der Waals surface area contributed by atoms with E-state index in [-0.39, 0.29) is 18.1 Å². The van der Waals surface area contributed by atoms with Crippen LogP contribution in [-0.2, 0) is 15.8 Å². The van der Waals surface area contributed by atoms with E-state index in [0.717, 1.165) is 17.0 Å². The molecule has 2 aromatic carbocycles. The summed E-state index contributed by atoms with van der Waals surface area (Å²) in [5.41, 5.74) is 0.157. The molecule has 29 heavy (non-hydrogen) atoms. The van der Waals surface area contributed by atoms with Gasteiger partial charge in [-0.25, -0.2) is 0 Å². The lowest BCUT2D eigenvalue weighted by atomic mass is 10.2. The van der Waals surface area contributed by atoms with Gasteiger partial charge in [0.2, 0.25) is 11.8 Å². The van der Waals surface area contributed by atoms with Crippen LogP contribution in [0, 0.1) is 0 Å². The van der Waals surface area contributed by atoms with Gasteiger partial charge in [-0.05, 0) is 56.6 Å². The van der Waals surface area contributed by atoms with Crippen LogP contribution in [0.1, 0.15) is 12.5 Å².